The average Bonchev–Trinajstić information content (AvgIpc) is 3.52. The van der Waals surface area contributed by atoms with E-state index in [0.717, 1.165) is 47.9 Å². The van der Waals surface area contributed by atoms with E-state index in [0.29, 0.717) is 12.2 Å². The number of fused-ring (bicyclic) bond motifs is 1. The molecule has 2 N–H and O–H groups in total. The number of benzene rings is 3. The zero-order valence-corrected chi connectivity index (χ0v) is 24.2. The van der Waals surface area contributed by atoms with Gasteiger partial charge < -0.3 is 25.2 Å². The number of hydrogen-bond acceptors (Lipinski definition) is 5. The summed E-state index contributed by atoms with van der Waals surface area (Å²) in [7, 11) is 4.48. The van der Waals surface area contributed by atoms with Crippen LogP contribution in [0.1, 0.15) is 24.0 Å². The van der Waals surface area contributed by atoms with Crippen LogP contribution in [0.5, 0.6) is 0 Å². The number of rotatable bonds is 12. The first-order valence-corrected chi connectivity index (χ1v) is 14.1. The lowest BCUT2D eigenvalue weighted by atomic mass is 9.98. The van der Waals surface area contributed by atoms with Crippen molar-refractivity contribution in [3.63, 3.8) is 0 Å². The number of likely N-dealkylation sites (N-methyl/N-ethyl adjacent to an activating group) is 3. The van der Waals surface area contributed by atoms with Gasteiger partial charge in [-0.3, -0.25) is 14.4 Å². The molecule has 3 aromatic carbocycles. The van der Waals surface area contributed by atoms with Crippen LogP contribution in [0, 0.1) is 11.6 Å². The van der Waals surface area contributed by atoms with Crippen molar-refractivity contribution in [2.45, 2.75) is 43.8 Å². The molecule has 10 heteroatoms. The fraction of sp³-hybridized carbons (Fsp3) is 0.406. The van der Waals surface area contributed by atoms with Crippen molar-refractivity contribution in [3.8, 4) is 0 Å². The molecule has 3 aromatic rings. The van der Waals surface area contributed by atoms with Gasteiger partial charge in [0.25, 0.3) is 0 Å². The van der Waals surface area contributed by atoms with Crippen LogP contribution in [-0.2, 0) is 32.0 Å². The van der Waals surface area contributed by atoms with E-state index in [1.807, 2.05) is 42.5 Å². The summed E-state index contributed by atoms with van der Waals surface area (Å²) in [5.74, 6) is -3.34. The summed E-state index contributed by atoms with van der Waals surface area (Å²) in [5.41, 5.74) is 1.19. The van der Waals surface area contributed by atoms with E-state index in [2.05, 4.69) is 10.6 Å². The van der Waals surface area contributed by atoms with Gasteiger partial charge in [-0.15, -0.1) is 0 Å². The smallest absolute Gasteiger partial charge is 0.249 e. The maximum atomic E-state index is 14.1. The average molecular weight is 581 g/mol. The van der Waals surface area contributed by atoms with Crippen molar-refractivity contribution in [1.29, 1.82) is 0 Å². The molecule has 3 atom stereocenters. The minimum Gasteiger partial charge on any atom is -0.370 e. The Morgan fingerprint density at radius 3 is 2.31 bits per heavy atom. The Morgan fingerprint density at radius 2 is 1.62 bits per heavy atom. The number of carbonyl (C=O) groups is 3. The monoisotopic (exact) mass is 580 g/mol. The molecule has 0 radical (unpaired) electrons. The Labute approximate surface area is 245 Å². The predicted molar refractivity (Wildman–Crippen MR) is 157 cm³/mol. The molecule has 4 rings (SSSR count). The second-order valence-electron chi connectivity index (χ2n) is 10.7. The summed E-state index contributed by atoms with van der Waals surface area (Å²) < 4.78 is 33.2. The van der Waals surface area contributed by atoms with Crippen molar-refractivity contribution in [2.75, 3.05) is 40.9 Å². The van der Waals surface area contributed by atoms with Gasteiger partial charge in [-0.05, 0) is 53.4 Å². The number of carbonyl (C=O) groups excluding carboxylic acids is 3. The SMILES string of the molecule is CNC(=O)[C@@H](Cc1ccc(F)c(F)c1)N(C)C(=O)[C@@H](Cc1ccc2ccccc2c1)N(C)C(=O)COC[C@@H]1CCCN1. The second-order valence-corrected chi connectivity index (χ2v) is 10.7. The Morgan fingerprint density at radius 1 is 0.929 bits per heavy atom. The van der Waals surface area contributed by atoms with Gasteiger partial charge in [-0.1, -0.05) is 48.5 Å². The first-order chi connectivity index (χ1) is 20.2. The van der Waals surface area contributed by atoms with Crippen molar-refractivity contribution < 1.29 is 27.9 Å². The standard InChI is InChI=1S/C32H38F2N4O4/c1-35-31(40)28(17-22-11-13-26(33)27(34)16-22)38(3)32(41)29(18-21-10-12-23-7-4-5-8-24(23)15-21)37(2)30(39)20-42-19-25-9-6-14-36-25/h4-5,7-8,10-13,15-16,25,28-29,36H,6,9,14,17-20H2,1-3H3,(H,35,40)/t25-,28+,29+/m0/s1. The van der Waals surface area contributed by atoms with Gasteiger partial charge in [0.15, 0.2) is 11.6 Å². The number of ether oxygens (including phenoxy) is 1. The minimum atomic E-state index is -1.04. The van der Waals surface area contributed by atoms with Crippen LogP contribution in [0.15, 0.2) is 60.7 Å². The molecular formula is C32H38F2N4O4. The lowest BCUT2D eigenvalue weighted by molar-refractivity contribution is -0.149. The molecule has 0 aromatic heterocycles. The van der Waals surface area contributed by atoms with Crippen molar-refractivity contribution >= 4 is 28.5 Å². The normalized spacial score (nSPS) is 16.2. The molecule has 3 amide bonds. The number of halogens is 2. The third-order valence-corrected chi connectivity index (χ3v) is 7.87. The zero-order chi connectivity index (χ0) is 30.2. The minimum absolute atomic E-state index is 0.0447. The summed E-state index contributed by atoms with van der Waals surface area (Å²) >= 11 is 0. The van der Waals surface area contributed by atoms with Crippen LogP contribution in [0.2, 0.25) is 0 Å². The molecule has 0 unspecified atom stereocenters. The Bertz CT molecular complexity index is 1410. The molecule has 224 valence electrons. The highest BCUT2D eigenvalue weighted by Crippen LogP contribution is 2.20. The van der Waals surface area contributed by atoms with Gasteiger partial charge in [0.1, 0.15) is 18.7 Å². The van der Waals surface area contributed by atoms with Crippen molar-refractivity contribution in [3.05, 3.63) is 83.4 Å². The van der Waals surface area contributed by atoms with Crippen LogP contribution < -0.4 is 10.6 Å². The highest BCUT2D eigenvalue weighted by atomic mass is 19.2. The summed E-state index contributed by atoms with van der Waals surface area (Å²) in [6.45, 7) is 1.14. The van der Waals surface area contributed by atoms with Crippen LogP contribution in [0.3, 0.4) is 0 Å². The first-order valence-electron chi connectivity index (χ1n) is 14.1. The lowest BCUT2D eigenvalue weighted by Crippen LogP contribution is -2.56. The highest BCUT2D eigenvalue weighted by Gasteiger charge is 2.35. The summed E-state index contributed by atoms with van der Waals surface area (Å²) in [5, 5.41) is 7.92. The van der Waals surface area contributed by atoms with Crippen LogP contribution >= 0.6 is 0 Å². The third-order valence-electron chi connectivity index (χ3n) is 7.87. The number of amides is 3. The molecule has 8 nitrogen and oxygen atoms in total. The largest absolute Gasteiger partial charge is 0.370 e. The van der Waals surface area contributed by atoms with E-state index in [1.165, 1.54) is 30.0 Å². The molecule has 1 aliphatic rings. The molecular weight excluding hydrogens is 542 g/mol. The molecule has 0 spiro atoms. The second kappa shape index (κ2) is 14.3. The Balaban J connectivity index is 1.57. The Kier molecular flexibility index (Phi) is 10.6. The third kappa shape index (κ3) is 7.68. The van der Waals surface area contributed by atoms with E-state index < -0.39 is 35.5 Å². The fourth-order valence-corrected chi connectivity index (χ4v) is 5.29. The van der Waals surface area contributed by atoms with E-state index in [1.54, 1.807) is 7.05 Å². The van der Waals surface area contributed by atoms with Gasteiger partial charge in [-0.2, -0.15) is 0 Å². The highest BCUT2D eigenvalue weighted by molar-refractivity contribution is 5.92. The van der Waals surface area contributed by atoms with Crippen LogP contribution in [0.4, 0.5) is 8.78 Å². The molecule has 1 saturated heterocycles. The van der Waals surface area contributed by atoms with E-state index >= 15 is 0 Å². The molecule has 42 heavy (non-hydrogen) atoms. The van der Waals surface area contributed by atoms with Gasteiger partial charge in [0.2, 0.25) is 17.7 Å². The molecule has 0 bridgehead atoms. The molecule has 1 fully saturated rings. The van der Waals surface area contributed by atoms with Crippen molar-refractivity contribution in [2.24, 2.45) is 0 Å². The molecule has 1 heterocycles. The number of hydrogen-bond donors (Lipinski definition) is 2. The molecule has 0 saturated carbocycles. The van der Waals surface area contributed by atoms with Gasteiger partial charge in [0, 0.05) is 40.0 Å². The maximum absolute atomic E-state index is 14.1. The quantitative estimate of drug-likeness (QED) is 0.344. The Hall–Kier alpha value is -3.89. The molecule has 0 aliphatic carbocycles. The van der Waals surface area contributed by atoms with E-state index in [4.69, 9.17) is 4.74 Å². The van der Waals surface area contributed by atoms with E-state index in [9.17, 15) is 23.2 Å². The first kappa shape index (κ1) is 31.1. The lowest BCUT2D eigenvalue weighted by Gasteiger charge is -2.34. The van der Waals surface area contributed by atoms with Gasteiger partial charge >= 0.3 is 0 Å². The van der Waals surface area contributed by atoms with Crippen LogP contribution in [-0.4, -0.2) is 86.5 Å². The van der Waals surface area contributed by atoms with Gasteiger partial charge in [0.05, 0.1) is 6.61 Å². The topological polar surface area (TPSA) is 91.0 Å². The fourth-order valence-electron chi connectivity index (χ4n) is 5.29. The zero-order valence-electron chi connectivity index (χ0n) is 24.2. The maximum Gasteiger partial charge on any atom is 0.249 e. The number of nitrogens with one attached hydrogen (secondary N) is 2. The molecule has 1 aliphatic heterocycles. The summed E-state index contributed by atoms with van der Waals surface area (Å²) in [4.78, 5) is 42.9. The number of nitrogens with zero attached hydrogens (tertiary/aromatic N) is 2. The van der Waals surface area contributed by atoms with Gasteiger partial charge in [-0.25, -0.2) is 8.78 Å². The predicted octanol–water partition coefficient (Wildman–Crippen LogP) is 3.07. The summed E-state index contributed by atoms with van der Waals surface area (Å²) in [6, 6.07) is 15.3. The van der Waals surface area contributed by atoms with E-state index in [-0.39, 0.29) is 31.4 Å². The van der Waals surface area contributed by atoms with Crippen LogP contribution in [0.25, 0.3) is 10.8 Å². The summed E-state index contributed by atoms with van der Waals surface area (Å²) in [6.07, 6.45) is 2.20. The van der Waals surface area contributed by atoms with Crippen molar-refractivity contribution in [1.82, 2.24) is 20.4 Å².